The summed E-state index contributed by atoms with van der Waals surface area (Å²) < 4.78 is 31.5. The molecule has 0 saturated heterocycles. The van der Waals surface area contributed by atoms with Crippen molar-refractivity contribution in [2.75, 3.05) is 30.8 Å². The molecule has 0 aliphatic rings. The fourth-order valence-corrected chi connectivity index (χ4v) is 4.99. The van der Waals surface area contributed by atoms with Crippen molar-refractivity contribution < 1.29 is 22.7 Å². The molecule has 0 heterocycles. The first kappa shape index (κ1) is 28.2. The lowest BCUT2D eigenvalue weighted by Gasteiger charge is -2.31. The van der Waals surface area contributed by atoms with Crippen LogP contribution in [-0.2, 0) is 26.2 Å². The number of nitrogens with zero attached hydrogens (tertiary/aromatic N) is 2. The van der Waals surface area contributed by atoms with E-state index < -0.39 is 16.1 Å². The van der Waals surface area contributed by atoms with Gasteiger partial charge in [0, 0.05) is 26.1 Å². The smallest absolute Gasteiger partial charge is 0.242 e. The summed E-state index contributed by atoms with van der Waals surface area (Å²) in [6.45, 7) is 6.48. The quantitative estimate of drug-likeness (QED) is 0.451. The molecule has 2 rings (SSSR count). The number of anilines is 1. The maximum atomic E-state index is 13.4. The number of benzene rings is 2. The van der Waals surface area contributed by atoms with Crippen molar-refractivity contribution in [3.8, 4) is 5.75 Å². The molecule has 0 radical (unpaired) electrons. The molecular weight excluding hydrogens is 466 g/mol. The van der Waals surface area contributed by atoms with E-state index in [1.54, 1.807) is 24.1 Å². The van der Waals surface area contributed by atoms with Crippen LogP contribution in [0.3, 0.4) is 0 Å². The molecule has 35 heavy (non-hydrogen) atoms. The lowest BCUT2D eigenvalue weighted by Crippen LogP contribution is -2.49. The van der Waals surface area contributed by atoms with Crippen LogP contribution in [0.5, 0.6) is 5.75 Å². The number of sulfonamides is 1. The Hall–Kier alpha value is -3.07. The summed E-state index contributed by atoms with van der Waals surface area (Å²) in [7, 11) is -1.94. The number of hydrogen-bond acceptors (Lipinski definition) is 5. The summed E-state index contributed by atoms with van der Waals surface area (Å²) >= 11 is 0. The number of hydrogen-bond donors (Lipinski definition) is 1. The summed E-state index contributed by atoms with van der Waals surface area (Å²) in [5.41, 5.74) is 2.32. The summed E-state index contributed by atoms with van der Waals surface area (Å²) in [6.07, 6.45) is 2.07. The molecule has 1 N–H and O–H groups in total. The molecule has 0 aromatic heterocycles. The van der Waals surface area contributed by atoms with Gasteiger partial charge in [0.05, 0.1) is 19.1 Å². The summed E-state index contributed by atoms with van der Waals surface area (Å²) in [4.78, 5) is 27.7. The molecule has 2 amide bonds. The Morgan fingerprint density at radius 1 is 1.06 bits per heavy atom. The van der Waals surface area contributed by atoms with Gasteiger partial charge in [-0.05, 0) is 56.0 Å². The van der Waals surface area contributed by atoms with Crippen LogP contribution in [0.1, 0.15) is 44.2 Å². The number of ether oxygens (including phenoxy) is 1. The number of carbonyl (C=O) groups is 2. The minimum absolute atomic E-state index is 0.115. The zero-order valence-electron chi connectivity index (χ0n) is 21.3. The van der Waals surface area contributed by atoms with E-state index in [1.807, 2.05) is 57.2 Å². The summed E-state index contributed by atoms with van der Waals surface area (Å²) in [5, 5.41) is 2.82. The number of aryl methyl sites for hydroxylation is 1. The van der Waals surface area contributed by atoms with E-state index >= 15 is 0 Å². The van der Waals surface area contributed by atoms with Gasteiger partial charge in [0.15, 0.2) is 0 Å². The Morgan fingerprint density at radius 2 is 1.71 bits per heavy atom. The van der Waals surface area contributed by atoms with Crippen LogP contribution in [0, 0.1) is 6.92 Å². The number of likely N-dealkylation sites (N-methyl/N-ethyl adjacent to an activating group) is 1. The molecule has 192 valence electrons. The maximum absolute atomic E-state index is 13.4. The largest absolute Gasteiger partial charge is 0.497 e. The first-order valence-electron chi connectivity index (χ1n) is 11.9. The van der Waals surface area contributed by atoms with Gasteiger partial charge < -0.3 is 15.0 Å². The van der Waals surface area contributed by atoms with Crippen molar-refractivity contribution in [2.45, 2.75) is 52.6 Å². The SMILES string of the molecule is CCNC(=O)[C@H](CC)N(Cc1ccc(OC)cc1)C(=O)CCCN(c1ccccc1C)S(C)(=O)=O. The van der Waals surface area contributed by atoms with Gasteiger partial charge in [-0.25, -0.2) is 8.42 Å². The standard InChI is InChI=1S/C26H37N3O5S/c1-6-23(26(31)27-7-2)28(19-21-14-16-22(34-4)17-15-21)25(30)13-10-18-29(35(5,32)33)24-12-9-8-11-20(24)3/h8-9,11-12,14-17,23H,6-7,10,13,18-19H2,1-5H3,(H,27,31)/t23-/m0/s1. The first-order chi connectivity index (χ1) is 16.6. The molecule has 9 heteroatoms. The highest BCUT2D eigenvalue weighted by Crippen LogP contribution is 2.23. The molecule has 1 atom stereocenters. The van der Waals surface area contributed by atoms with Crippen molar-refractivity contribution in [3.05, 3.63) is 59.7 Å². The van der Waals surface area contributed by atoms with Gasteiger partial charge >= 0.3 is 0 Å². The van der Waals surface area contributed by atoms with Gasteiger partial charge in [0.1, 0.15) is 11.8 Å². The Balaban J connectivity index is 2.21. The van der Waals surface area contributed by atoms with E-state index in [4.69, 9.17) is 4.74 Å². The highest BCUT2D eigenvalue weighted by molar-refractivity contribution is 7.92. The van der Waals surface area contributed by atoms with Crippen molar-refractivity contribution in [2.24, 2.45) is 0 Å². The maximum Gasteiger partial charge on any atom is 0.242 e. The van der Waals surface area contributed by atoms with E-state index in [0.29, 0.717) is 30.8 Å². The number of nitrogens with one attached hydrogen (secondary N) is 1. The average molecular weight is 504 g/mol. The van der Waals surface area contributed by atoms with Gasteiger partial charge in [0.2, 0.25) is 21.8 Å². The third-order valence-corrected chi connectivity index (χ3v) is 6.97. The number of amides is 2. The second-order valence-electron chi connectivity index (χ2n) is 8.41. The van der Waals surface area contributed by atoms with E-state index in [9.17, 15) is 18.0 Å². The summed E-state index contributed by atoms with van der Waals surface area (Å²) in [6, 6.07) is 14.0. The molecule has 0 fully saturated rings. The van der Waals surface area contributed by atoms with Crippen LogP contribution in [0.2, 0.25) is 0 Å². The highest BCUT2D eigenvalue weighted by atomic mass is 32.2. The minimum Gasteiger partial charge on any atom is -0.497 e. The fraction of sp³-hybridized carbons (Fsp3) is 0.462. The molecular formula is C26H37N3O5S. The van der Waals surface area contributed by atoms with E-state index in [2.05, 4.69) is 5.32 Å². The van der Waals surface area contributed by atoms with Crippen LogP contribution in [-0.4, -0.2) is 57.6 Å². The van der Waals surface area contributed by atoms with Gasteiger partial charge in [-0.2, -0.15) is 0 Å². The normalized spacial score (nSPS) is 12.0. The Kier molecular flexibility index (Phi) is 10.6. The third-order valence-electron chi connectivity index (χ3n) is 5.79. The Bertz CT molecular complexity index is 1090. The fourth-order valence-electron chi connectivity index (χ4n) is 3.96. The van der Waals surface area contributed by atoms with E-state index in [-0.39, 0.29) is 31.3 Å². The van der Waals surface area contributed by atoms with E-state index in [1.165, 1.54) is 10.6 Å². The van der Waals surface area contributed by atoms with Gasteiger partial charge in [-0.1, -0.05) is 37.3 Å². The number of carbonyl (C=O) groups excluding carboxylic acids is 2. The molecule has 2 aromatic carbocycles. The highest BCUT2D eigenvalue weighted by Gasteiger charge is 2.28. The minimum atomic E-state index is -3.52. The van der Waals surface area contributed by atoms with Crippen LogP contribution in [0.25, 0.3) is 0 Å². The Labute approximate surface area is 209 Å². The van der Waals surface area contributed by atoms with Gasteiger partial charge in [-0.3, -0.25) is 13.9 Å². The Morgan fingerprint density at radius 3 is 2.26 bits per heavy atom. The second kappa shape index (κ2) is 13.1. The number of methoxy groups -OCH3 is 1. The zero-order valence-corrected chi connectivity index (χ0v) is 22.1. The lowest BCUT2D eigenvalue weighted by molar-refractivity contribution is -0.141. The van der Waals surface area contributed by atoms with Crippen LogP contribution < -0.4 is 14.4 Å². The monoisotopic (exact) mass is 503 g/mol. The van der Waals surface area contributed by atoms with Gasteiger partial charge in [0.25, 0.3) is 0 Å². The molecule has 8 nitrogen and oxygen atoms in total. The van der Waals surface area contributed by atoms with Gasteiger partial charge in [-0.15, -0.1) is 0 Å². The van der Waals surface area contributed by atoms with Crippen LogP contribution in [0.15, 0.2) is 48.5 Å². The topological polar surface area (TPSA) is 96.0 Å². The van der Waals surface area contributed by atoms with Crippen LogP contribution in [0.4, 0.5) is 5.69 Å². The van der Waals surface area contributed by atoms with Crippen molar-refractivity contribution in [3.63, 3.8) is 0 Å². The molecule has 0 unspecified atom stereocenters. The molecule has 0 aliphatic heterocycles. The summed E-state index contributed by atoms with van der Waals surface area (Å²) in [5.74, 6) is 0.311. The van der Waals surface area contributed by atoms with E-state index in [0.717, 1.165) is 11.1 Å². The predicted octanol–water partition coefficient (Wildman–Crippen LogP) is 3.49. The number of rotatable bonds is 13. The lowest BCUT2D eigenvalue weighted by atomic mass is 10.1. The van der Waals surface area contributed by atoms with Crippen LogP contribution >= 0.6 is 0 Å². The molecule has 2 aromatic rings. The average Bonchev–Trinajstić information content (AvgIpc) is 2.82. The van der Waals surface area contributed by atoms with Crippen molar-refractivity contribution >= 4 is 27.5 Å². The van der Waals surface area contributed by atoms with Crippen molar-refractivity contribution in [1.29, 1.82) is 0 Å². The number of para-hydroxylation sites is 1. The molecule has 0 saturated carbocycles. The zero-order chi connectivity index (χ0) is 26.0. The second-order valence-corrected chi connectivity index (χ2v) is 10.3. The molecule has 0 bridgehead atoms. The first-order valence-corrected chi connectivity index (χ1v) is 13.7. The third kappa shape index (κ3) is 7.99. The predicted molar refractivity (Wildman–Crippen MR) is 139 cm³/mol. The molecule has 0 aliphatic carbocycles. The van der Waals surface area contributed by atoms with Crippen molar-refractivity contribution in [1.82, 2.24) is 10.2 Å². The molecule has 0 spiro atoms.